The number of nitrogens with zero attached hydrogens (tertiary/aromatic N) is 1. The molecule has 1 aromatic carbocycles. The molecule has 5 nitrogen and oxygen atoms in total. The molecule has 1 aliphatic carbocycles. The SMILES string of the molecule is CCN(CC(=O)NCc1ccc2c(c1)OCO2)C1=CCCCC1. The average molecular weight is 316 g/mol. The molecule has 23 heavy (non-hydrogen) atoms. The first-order chi connectivity index (χ1) is 11.3. The lowest BCUT2D eigenvalue weighted by Crippen LogP contribution is -2.36. The van der Waals surface area contributed by atoms with E-state index in [1.807, 2.05) is 18.2 Å². The summed E-state index contributed by atoms with van der Waals surface area (Å²) in [6, 6.07) is 5.76. The van der Waals surface area contributed by atoms with Crippen molar-refractivity contribution in [1.82, 2.24) is 10.2 Å². The Hall–Kier alpha value is -2.17. The predicted molar refractivity (Wildman–Crippen MR) is 88.2 cm³/mol. The van der Waals surface area contributed by atoms with Crippen LogP contribution in [0.25, 0.3) is 0 Å². The minimum absolute atomic E-state index is 0.0518. The number of likely N-dealkylation sites (N-methyl/N-ethyl adjacent to an activating group) is 1. The molecule has 0 radical (unpaired) electrons. The highest BCUT2D eigenvalue weighted by molar-refractivity contribution is 5.78. The fraction of sp³-hybridized carbons (Fsp3) is 0.500. The first-order valence-corrected chi connectivity index (χ1v) is 8.35. The quantitative estimate of drug-likeness (QED) is 0.877. The van der Waals surface area contributed by atoms with Crippen LogP contribution in [-0.4, -0.2) is 30.7 Å². The number of hydrogen-bond donors (Lipinski definition) is 1. The Bertz CT molecular complexity index is 598. The molecule has 1 aromatic rings. The smallest absolute Gasteiger partial charge is 0.239 e. The number of carbonyl (C=O) groups excluding carboxylic acids is 1. The van der Waals surface area contributed by atoms with Gasteiger partial charge in [-0.1, -0.05) is 12.1 Å². The van der Waals surface area contributed by atoms with Gasteiger partial charge in [0.25, 0.3) is 0 Å². The second-order valence-electron chi connectivity index (χ2n) is 5.92. The Balaban J connectivity index is 1.51. The molecule has 0 saturated heterocycles. The summed E-state index contributed by atoms with van der Waals surface area (Å²) < 4.78 is 10.6. The van der Waals surface area contributed by atoms with Gasteiger partial charge in [-0.2, -0.15) is 0 Å². The largest absolute Gasteiger partial charge is 0.454 e. The lowest BCUT2D eigenvalue weighted by atomic mass is 10.0. The van der Waals surface area contributed by atoms with Gasteiger partial charge in [0.2, 0.25) is 12.7 Å². The maximum absolute atomic E-state index is 12.2. The molecule has 1 heterocycles. The van der Waals surface area contributed by atoms with Gasteiger partial charge in [-0.15, -0.1) is 0 Å². The van der Waals surface area contributed by atoms with Gasteiger partial charge in [-0.3, -0.25) is 4.79 Å². The van der Waals surface area contributed by atoms with Gasteiger partial charge in [0.05, 0.1) is 6.54 Å². The fourth-order valence-corrected chi connectivity index (χ4v) is 3.01. The van der Waals surface area contributed by atoms with Crippen molar-refractivity contribution in [2.45, 2.75) is 39.2 Å². The molecule has 0 saturated carbocycles. The number of rotatable bonds is 6. The molecule has 0 bridgehead atoms. The average Bonchev–Trinajstić information content (AvgIpc) is 3.06. The number of ether oxygens (including phenoxy) is 2. The van der Waals surface area contributed by atoms with Gasteiger partial charge in [0, 0.05) is 18.8 Å². The third kappa shape index (κ3) is 3.97. The number of allylic oxidation sites excluding steroid dienone is 2. The molecule has 0 unspecified atom stereocenters. The Morgan fingerprint density at radius 3 is 2.91 bits per heavy atom. The van der Waals surface area contributed by atoms with E-state index in [4.69, 9.17) is 9.47 Å². The second-order valence-corrected chi connectivity index (χ2v) is 5.92. The summed E-state index contributed by atoms with van der Waals surface area (Å²) in [6.45, 7) is 4.16. The molecule has 0 atom stereocenters. The lowest BCUT2D eigenvalue weighted by molar-refractivity contribution is -0.122. The van der Waals surface area contributed by atoms with Gasteiger partial charge in [-0.25, -0.2) is 0 Å². The van der Waals surface area contributed by atoms with Crippen molar-refractivity contribution >= 4 is 5.91 Å². The molecule has 1 N–H and O–H groups in total. The van der Waals surface area contributed by atoms with E-state index in [0.29, 0.717) is 13.1 Å². The van der Waals surface area contributed by atoms with E-state index in [2.05, 4.69) is 23.2 Å². The van der Waals surface area contributed by atoms with Crippen LogP contribution in [0.4, 0.5) is 0 Å². The molecule has 124 valence electrons. The van der Waals surface area contributed by atoms with E-state index >= 15 is 0 Å². The molecule has 1 amide bonds. The van der Waals surface area contributed by atoms with Crippen LogP contribution < -0.4 is 14.8 Å². The zero-order chi connectivity index (χ0) is 16.1. The number of fused-ring (bicyclic) bond motifs is 1. The maximum atomic E-state index is 12.2. The predicted octanol–water partition coefficient (Wildman–Crippen LogP) is 2.81. The Labute approximate surface area is 137 Å². The van der Waals surface area contributed by atoms with Crippen molar-refractivity contribution in [3.05, 3.63) is 35.5 Å². The molecule has 0 fully saturated rings. The molecular weight excluding hydrogens is 292 g/mol. The minimum atomic E-state index is 0.0518. The summed E-state index contributed by atoms with van der Waals surface area (Å²) in [7, 11) is 0. The van der Waals surface area contributed by atoms with Crippen molar-refractivity contribution in [2.75, 3.05) is 19.9 Å². The van der Waals surface area contributed by atoms with Crippen LogP contribution in [0, 0.1) is 0 Å². The zero-order valence-corrected chi connectivity index (χ0v) is 13.6. The summed E-state index contributed by atoms with van der Waals surface area (Å²) >= 11 is 0. The number of benzene rings is 1. The van der Waals surface area contributed by atoms with E-state index in [1.54, 1.807) is 0 Å². The number of hydrogen-bond acceptors (Lipinski definition) is 4. The highest BCUT2D eigenvalue weighted by atomic mass is 16.7. The summed E-state index contributed by atoms with van der Waals surface area (Å²) in [5, 5.41) is 2.99. The first kappa shape index (κ1) is 15.7. The Morgan fingerprint density at radius 2 is 2.13 bits per heavy atom. The van der Waals surface area contributed by atoms with E-state index in [0.717, 1.165) is 36.4 Å². The van der Waals surface area contributed by atoms with Gasteiger partial charge in [0.1, 0.15) is 0 Å². The van der Waals surface area contributed by atoms with Crippen molar-refractivity contribution < 1.29 is 14.3 Å². The summed E-state index contributed by atoms with van der Waals surface area (Å²) in [6.07, 6.45) is 6.98. The third-order valence-electron chi connectivity index (χ3n) is 4.32. The van der Waals surface area contributed by atoms with Crippen LogP contribution in [-0.2, 0) is 11.3 Å². The molecule has 1 aliphatic heterocycles. The van der Waals surface area contributed by atoms with E-state index in [-0.39, 0.29) is 12.7 Å². The van der Waals surface area contributed by atoms with Crippen LogP contribution in [0.3, 0.4) is 0 Å². The van der Waals surface area contributed by atoms with Gasteiger partial charge >= 0.3 is 0 Å². The topological polar surface area (TPSA) is 50.8 Å². The number of carbonyl (C=O) groups is 1. The monoisotopic (exact) mass is 316 g/mol. The summed E-state index contributed by atoms with van der Waals surface area (Å²) in [5.74, 6) is 1.57. The highest BCUT2D eigenvalue weighted by Crippen LogP contribution is 2.32. The van der Waals surface area contributed by atoms with Crippen LogP contribution in [0.5, 0.6) is 11.5 Å². The van der Waals surface area contributed by atoms with Crippen molar-refractivity contribution in [3.8, 4) is 11.5 Å². The van der Waals surface area contributed by atoms with Crippen molar-refractivity contribution in [3.63, 3.8) is 0 Å². The second kappa shape index (κ2) is 7.40. The summed E-state index contributed by atoms with van der Waals surface area (Å²) in [5.41, 5.74) is 2.33. The first-order valence-electron chi connectivity index (χ1n) is 8.35. The summed E-state index contributed by atoms with van der Waals surface area (Å²) in [4.78, 5) is 14.4. The van der Waals surface area contributed by atoms with Gasteiger partial charge in [0.15, 0.2) is 11.5 Å². The maximum Gasteiger partial charge on any atom is 0.239 e. The highest BCUT2D eigenvalue weighted by Gasteiger charge is 2.15. The van der Waals surface area contributed by atoms with Crippen LogP contribution in [0.2, 0.25) is 0 Å². The zero-order valence-electron chi connectivity index (χ0n) is 13.6. The molecular formula is C18H24N2O3. The van der Waals surface area contributed by atoms with Crippen LogP contribution in [0.1, 0.15) is 38.2 Å². The normalized spacial score (nSPS) is 16.0. The van der Waals surface area contributed by atoms with Crippen molar-refractivity contribution in [1.29, 1.82) is 0 Å². The third-order valence-corrected chi connectivity index (χ3v) is 4.32. The molecule has 2 aliphatic rings. The van der Waals surface area contributed by atoms with E-state index in [1.165, 1.54) is 18.5 Å². The standard InChI is InChI=1S/C18H24N2O3/c1-2-20(15-6-4-3-5-7-15)12-18(21)19-11-14-8-9-16-17(10-14)23-13-22-16/h6,8-10H,2-5,7,11-13H2,1H3,(H,19,21). The number of nitrogens with one attached hydrogen (secondary N) is 1. The van der Waals surface area contributed by atoms with Crippen LogP contribution in [0.15, 0.2) is 30.0 Å². The van der Waals surface area contributed by atoms with Gasteiger partial charge in [-0.05, 0) is 50.3 Å². The van der Waals surface area contributed by atoms with E-state index in [9.17, 15) is 4.79 Å². The fourth-order valence-electron chi connectivity index (χ4n) is 3.01. The van der Waals surface area contributed by atoms with Crippen LogP contribution >= 0.6 is 0 Å². The van der Waals surface area contributed by atoms with Crippen molar-refractivity contribution in [2.24, 2.45) is 0 Å². The molecule has 0 aromatic heterocycles. The molecule has 0 spiro atoms. The van der Waals surface area contributed by atoms with Gasteiger partial charge < -0.3 is 19.7 Å². The lowest BCUT2D eigenvalue weighted by Gasteiger charge is -2.27. The number of amides is 1. The molecule has 5 heteroatoms. The molecule has 3 rings (SSSR count). The van der Waals surface area contributed by atoms with E-state index < -0.39 is 0 Å². The Kier molecular flexibility index (Phi) is 5.05. The Morgan fingerprint density at radius 1 is 1.26 bits per heavy atom. The minimum Gasteiger partial charge on any atom is -0.454 e.